The maximum absolute atomic E-state index is 11.9. The minimum Gasteiger partial charge on any atom is -0.490 e. The third-order valence-electron chi connectivity index (χ3n) is 2.31. The molecule has 0 amide bonds. The maximum atomic E-state index is 11.9. The average molecular weight is 203 g/mol. The first-order valence-corrected chi connectivity index (χ1v) is 5.08. The number of rotatable bonds is 2. The number of Topliss-reactive ketones (excluding diaryl/α,β-unsaturated/α-hetero) is 1. The molecule has 1 aliphatic rings. The molecular formula is C12H13NO2. The summed E-state index contributed by atoms with van der Waals surface area (Å²) in [7, 11) is 0. The topological polar surface area (TPSA) is 39.2 Å². The number of nitrogens with zero attached hydrogens (tertiary/aromatic N) is 1. The van der Waals surface area contributed by atoms with Gasteiger partial charge in [-0.2, -0.15) is 0 Å². The normalized spacial score (nSPS) is 15.4. The fourth-order valence-corrected chi connectivity index (χ4v) is 1.50. The van der Waals surface area contributed by atoms with E-state index in [9.17, 15) is 4.79 Å². The molecule has 0 radical (unpaired) electrons. The summed E-state index contributed by atoms with van der Waals surface area (Å²) >= 11 is 0. The van der Waals surface area contributed by atoms with E-state index in [1.54, 1.807) is 12.3 Å². The van der Waals surface area contributed by atoms with Crippen LogP contribution in [0.3, 0.4) is 0 Å². The molecule has 0 unspecified atom stereocenters. The SMILES string of the molecule is Cc1ccnc(C(=O)C2=CCCCO2)c1. The van der Waals surface area contributed by atoms with E-state index in [0.29, 0.717) is 18.1 Å². The van der Waals surface area contributed by atoms with E-state index in [0.717, 1.165) is 18.4 Å². The molecule has 1 aromatic heterocycles. The molecule has 78 valence electrons. The zero-order chi connectivity index (χ0) is 10.7. The van der Waals surface area contributed by atoms with Gasteiger partial charge in [0.1, 0.15) is 5.69 Å². The summed E-state index contributed by atoms with van der Waals surface area (Å²) in [5, 5.41) is 0. The van der Waals surface area contributed by atoms with Crippen LogP contribution in [0.15, 0.2) is 30.2 Å². The standard InChI is InChI=1S/C12H13NO2/c1-9-5-6-13-10(8-9)12(14)11-4-2-3-7-15-11/h4-6,8H,2-3,7H2,1H3. The first-order valence-electron chi connectivity index (χ1n) is 5.08. The van der Waals surface area contributed by atoms with Gasteiger partial charge in [0.05, 0.1) is 6.61 Å². The fourth-order valence-electron chi connectivity index (χ4n) is 1.50. The molecule has 0 saturated carbocycles. The summed E-state index contributed by atoms with van der Waals surface area (Å²) in [6.45, 7) is 2.57. The number of hydrogen-bond donors (Lipinski definition) is 0. The molecule has 0 N–H and O–H groups in total. The van der Waals surface area contributed by atoms with Crippen LogP contribution < -0.4 is 0 Å². The van der Waals surface area contributed by atoms with Crippen molar-refractivity contribution in [1.82, 2.24) is 4.98 Å². The van der Waals surface area contributed by atoms with Crippen LogP contribution in [0.1, 0.15) is 28.9 Å². The summed E-state index contributed by atoms with van der Waals surface area (Å²) in [4.78, 5) is 15.9. The molecule has 15 heavy (non-hydrogen) atoms. The highest BCUT2D eigenvalue weighted by Crippen LogP contribution is 2.14. The second-order valence-electron chi connectivity index (χ2n) is 3.61. The Bertz CT molecular complexity index is 410. The molecule has 0 fully saturated rings. The van der Waals surface area contributed by atoms with Crippen molar-refractivity contribution in [2.24, 2.45) is 0 Å². The lowest BCUT2D eigenvalue weighted by molar-refractivity contribution is 0.0894. The zero-order valence-electron chi connectivity index (χ0n) is 8.69. The Morgan fingerprint density at radius 3 is 3.07 bits per heavy atom. The van der Waals surface area contributed by atoms with Gasteiger partial charge >= 0.3 is 0 Å². The number of pyridine rings is 1. The number of ether oxygens (including phenoxy) is 1. The molecule has 3 nitrogen and oxygen atoms in total. The van der Waals surface area contributed by atoms with Crippen LogP contribution in [0, 0.1) is 6.92 Å². The highest BCUT2D eigenvalue weighted by molar-refractivity contribution is 6.06. The van der Waals surface area contributed by atoms with Gasteiger partial charge < -0.3 is 4.74 Å². The number of aryl methyl sites for hydroxylation is 1. The zero-order valence-corrected chi connectivity index (χ0v) is 8.69. The molecule has 0 atom stereocenters. The van der Waals surface area contributed by atoms with Crippen molar-refractivity contribution in [3.8, 4) is 0 Å². The van der Waals surface area contributed by atoms with Crippen LogP contribution in [0.25, 0.3) is 0 Å². The van der Waals surface area contributed by atoms with Crippen molar-refractivity contribution in [2.75, 3.05) is 6.61 Å². The molecule has 2 heterocycles. The van der Waals surface area contributed by atoms with Crippen molar-refractivity contribution < 1.29 is 9.53 Å². The molecule has 0 saturated heterocycles. The predicted octanol–water partition coefficient (Wildman–Crippen LogP) is 2.27. The first-order chi connectivity index (χ1) is 7.27. The van der Waals surface area contributed by atoms with E-state index in [4.69, 9.17) is 4.74 Å². The number of aromatic nitrogens is 1. The van der Waals surface area contributed by atoms with Crippen molar-refractivity contribution in [3.63, 3.8) is 0 Å². The van der Waals surface area contributed by atoms with Gasteiger partial charge in [-0.15, -0.1) is 0 Å². The van der Waals surface area contributed by atoms with Crippen molar-refractivity contribution in [3.05, 3.63) is 41.4 Å². The van der Waals surface area contributed by atoms with Crippen LogP contribution in [0.2, 0.25) is 0 Å². The van der Waals surface area contributed by atoms with E-state index in [2.05, 4.69) is 4.98 Å². The van der Waals surface area contributed by atoms with E-state index < -0.39 is 0 Å². The second-order valence-corrected chi connectivity index (χ2v) is 3.61. The van der Waals surface area contributed by atoms with E-state index in [1.807, 2.05) is 19.1 Å². The number of ketones is 1. The molecule has 0 aromatic carbocycles. The van der Waals surface area contributed by atoms with Crippen LogP contribution >= 0.6 is 0 Å². The summed E-state index contributed by atoms with van der Waals surface area (Å²) in [6.07, 6.45) is 5.38. The number of hydrogen-bond acceptors (Lipinski definition) is 3. The third kappa shape index (κ3) is 2.24. The molecule has 2 rings (SSSR count). The van der Waals surface area contributed by atoms with Gasteiger partial charge in [0.2, 0.25) is 5.78 Å². The van der Waals surface area contributed by atoms with E-state index in [1.165, 1.54) is 0 Å². The highest BCUT2D eigenvalue weighted by atomic mass is 16.5. The van der Waals surface area contributed by atoms with E-state index >= 15 is 0 Å². The van der Waals surface area contributed by atoms with Gasteiger partial charge in [0, 0.05) is 6.20 Å². The van der Waals surface area contributed by atoms with Gasteiger partial charge in [-0.1, -0.05) is 0 Å². The smallest absolute Gasteiger partial charge is 0.245 e. The lowest BCUT2D eigenvalue weighted by Gasteiger charge is -2.13. The minimum absolute atomic E-state index is 0.113. The Morgan fingerprint density at radius 1 is 1.53 bits per heavy atom. The van der Waals surface area contributed by atoms with Gasteiger partial charge in [-0.25, -0.2) is 0 Å². The molecule has 0 spiro atoms. The van der Waals surface area contributed by atoms with Gasteiger partial charge in [-0.3, -0.25) is 9.78 Å². The lowest BCUT2D eigenvalue weighted by atomic mass is 10.1. The monoisotopic (exact) mass is 203 g/mol. The largest absolute Gasteiger partial charge is 0.490 e. The quantitative estimate of drug-likeness (QED) is 0.692. The Labute approximate surface area is 88.8 Å². The number of allylic oxidation sites excluding steroid dienone is 2. The molecule has 3 heteroatoms. The predicted molar refractivity (Wildman–Crippen MR) is 56.6 cm³/mol. The van der Waals surface area contributed by atoms with Crippen molar-refractivity contribution in [1.29, 1.82) is 0 Å². The maximum Gasteiger partial charge on any atom is 0.245 e. The minimum atomic E-state index is -0.113. The van der Waals surface area contributed by atoms with Gasteiger partial charge in [0.15, 0.2) is 5.76 Å². The van der Waals surface area contributed by atoms with Crippen LogP contribution in [0.5, 0.6) is 0 Å². The third-order valence-corrected chi connectivity index (χ3v) is 2.31. The average Bonchev–Trinajstić information content (AvgIpc) is 2.29. The molecular weight excluding hydrogens is 190 g/mol. The first kappa shape index (κ1) is 9.90. The number of carbonyl (C=O) groups is 1. The molecule has 0 bridgehead atoms. The Kier molecular flexibility index (Phi) is 2.81. The van der Waals surface area contributed by atoms with E-state index in [-0.39, 0.29) is 5.78 Å². The van der Waals surface area contributed by atoms with Crippen LogP contribution in [-0.4, -0.2) is 17.4 Å². The summed E-state index contributed by atoms with van der Waals surface area (Å²) in [5.41, 5.74) is 1.49. The fraction of sp³-hybridized carbons (Fsp3) is 0.333. The molecule has 1 aliphatic heterocycles. The van der Waals surface area contributed by atoms with Crippen molar-refractivity contribution in [2.45, 2.75) is 19.8 Å². The lowest BCUT2D eigenvalue weighted by Crippen LogP contribution is -2.12. The molecule has 0 aliphatic carbocycles. The van der Waals surface area contributed by atoms with Crippen LogP contribution in [0.4, 0.5) is 0 Å². The Morgan fingerprint density at radius 2 is 2.40 bits per heavy atom. The number of carbonyl (C=O) groups excluding carboxylic acids is 1. The van der Waals surface area contributed by atoms with Crippen LogP contribution in [-0.2, 0) is 4.74 Å². The Hall–Kier alpha value is -1.64. The summed E-state index contributed by atoms with van der Waals surface area (Å²) in [6, 6.07) is 3.65. The Balaban J connectivity index is 2.24. The second kappa shape index (κ2) is 4.26. The van der Waals surface area contributed by atoms with Crippen molar-refractivity contribution >= 4 is 5.78 Å². The summed E-state index contributed by atoms with van der Waals surface area (Å²) < 4.78 is 5.31. The van der Waals surface area contributed by atoms with Gasteiger partial charge in [-0.05, 0) is 43.5 Å². The highest BCUT2D eigenvalue weighted by Gasteiger charge is 2.16. The molecule has 1 aromatic rings. The summed E-state index contributed by atoms with van der Waals surface area (Å²) in [5.74, 6) is 0.331. The van der Waals surface area contributed by atoms with Gasteiger partial charge in [0.25, 0.3) is 0 Å².